The number of benzene rings is 7. The zero-order valence-corrected chi connectivity index (χ0v) is 42.2. The fraction of sp³-hybridized carbons (Fsp3) is 0.134. The van der Waals surface area contributed by atoms with Gasteiger partial charge in [0.1, 0.15) is 22.8 Å². The Kier molecular flexibility index (Phi) is 9.83. The van der Waals surface area contributed by atoms with Crippen molar-refractivity contribution < 1.29 is 4.42 Å². The Labute approximate surface area is 432 Å². The second kappa shape index (κ2) is 16.8. The Morgan fingerprint density at radius 2 is 1.51 bits per heavy atom. The summed E-state index contributed by atoms with van der Waals surface area (Å²) in [5.41, 5.74) is 14.6. The van der Waals surface area contributed by atoms with E-state index >= 15 is 0 Å². The lowest BCUT2D eigenvalue weighted by Gasteiger charge is -2.31. The van der Waals surface area contributed by atoms with Crippen molar-refractivity contribution in [1.82, 2.24) is 14.5 Å². The molecule has 5 aliphatic rings. The predicted octanol–water partition coefficient (Wildman–Crippen LogP) is 15.3. The Morgan fingerprint density at radius 3 is 2.39 bits per heavy atom. The smallest absolute Gasteiger partial charge is 0.170 e. The van der Waals surface area contributed by atoms with Crippen molar-refractivity contribution in [1.29, 1.82) is 0 Å². The molecule has 6 nitrogen and oxygen atoms in total. The summed E-state index contributed by atoms with van der Waals surface area (Å²) in [5, 5.41) is 14.6. The highest BCUT2D eigenvalue weighted by Crippen LogP contribution is 2.51. The molecule has 1 N–H and O–H groups in total. The number of nitrogens with zero attached hydrogens (tertiary/aromatic N) is 4. The van der Waals surface area contributed by atoms with Gasteiger partial charge in [0, 0.05) is 77.0 Å². The number of thioether (sulfide) groups is 1. The standard InChI is InChI=1S/C67H51N5OS/c1-4-16-45(17-5-2)71-56-25-13-10-22-48(56)52-34-44(28-31-58(52)71)65-68-66(47-29-30-51-50-24-12-15-27-62(50)74-64(51)39(47)3)70-67(69-65)55-37-46(38-61-63(55)54-33-41-19-7-9-21-43(41)36-60(54)73-61)72-57-26-14-11-23-49(57)53-32-40-18-6-8-20-42(40)35-59(53)72/h4,6-19,21-39,42,64,67H,5,20H2,1-3H3,(H,68,69,70)/b16-4-,45-17+. The summed E-state index contributed by atoms with van der Waals surface area (Å²) in [6, 6.07) is 50.9. The number of hydrogen-bond donors (Lipinski definition) is 1. The fourth-order valence-corrected chi connectivity index (χ4v) is 14.0. The van der Waals surface area contributed by atoms with Crippen LogP contribution in [0.1, 0.15) is 56.5 Å². The number of para-hydroxylation sites is 2. The molecule has 4 unspecified atom stereocenters. The maximum Gasteiger partial charge on any atom is 0.170 e. The van der Waals surface area contributed by atoms with E-state index in [1.54, 1.807) is 0 Å². The Bertz CT molecular complexity index is 4500. The lowest BCUT2D eigenvalue weighted by atomic mass is 9.84. The highest BCUT2D eigenvalue weighted by atomic mass is 32.2. The average molecular weight is 974 g/mol. The summed E-state index contributed by atoms with van der Waals surface area (Å²) in [6.45, 7) is 6.66. The largest absolute Gasteiger partial charge is 0.456 e. The van der Waals surface area contributed by atoms with Gasteiger partial charge in [-0.25, -0.2) is 9.98 Å². The Hall–Kier alpha value is -8.39. The predicted molar refractivity (Wildman–Crippen MR) is 312 cm³/mol. The van der Waals surface area contributed by atoms with Crippen LogP contribution in [0.2, 0.25) is 0 Å². The first-order valence-corrected chi connectivity index (χ1v) is 26.9. The number of furan rings is 1. The first-order valence-electron chi connectivity index (χ1n) is 26.1. The van der Waals surface area contributed by atoms with Crippen molar-refractivity contribution in [2.24, 2.45) is 21.8 Å². The van der Waals surface area contributed by atoms with Crippen LogP contribution in [0.25, 0.3) is 94.5 Å². The van der Waals surface area contributed by atoms with Crippen LogP contribution in [0.3, 0.4) is 0 Å². The summed E-state index contributed by atoms with van der Waals surface area (Å²) in [4.78, 5) is 12.9. The zero-order valence-electron chi connectivity index (χ0n) is 41.4. The van der Waals surface area contributed by atoms with Gasteiger partial charge in [-0.15, -0.1) is 11.8 Å². The van der Waals surface area contributed by atoms with Gasteiger partial charge in [0.15, 0.2) is 6.17 Å². The number of fused-ring (bicyclic) bond motifs is 14. The molecule has 7 aromatic carbocycles. The van der Waals surface area contributed by atoms with Gasteiger partial charge in [0.05, 0.1) is 27.6 Å². The van der Waals surface area contributed by atoms with Crippen LogP contribution in [0, 0.1) is 11.8 Å². The SMILES string of the molecule is C/C=C\C(=C/CC)n1c2ccccc2c2cc(C3=NC(c4cc(-n5c6c(c7ccccc75)=CC5=CC=CCC5C=6)cc5oc6cc7ccccc7cc6c45)N=C(C4=CC=C5c6ccccc6SC5C4C)N3)ccc21. The van der Waals surface area contributed by atoms with Gasteiger partial charge in [-0.2, -0.15) is 0 Å². The minimum atomic E-state index is -0.625. The molecule has 0 bridgehead atoms. The second-order valence-corrected chi connectivity index (χ2v) is 21.4. The maximum absolute atomic E-state index is 7.07. The lowest BCUT2D eigenvalue weighted by molar-refractivity contribution is 0.667. The number of nitrogens with one attached hydrogen (secondary N) is 1. The third kappa shape index (κ3) is 6.58. The van der Waals surface area contributed by atoms with Crippen LogP contribution in [0.15, 0.2) is 219 Å². The van der Waals surface area contributed by atoms with Crippen LogP contribution in [-0.2, 0) is 0 Å². The van der Waals surface area contributed by atoms with Gasteiger partial charge < -0.3 is 18.9 Å². The second-order valence-electron chi connectivity index (χ2n) is 20.2. The molecule has 10 aromatic rings. The molecular formula is C67H51N5OS. The summed E-state index contributed by atoms with van der Waals surface area (Å²) in [5.74, 6) is 2.10. The molecule has 7 heteroatoms. The van der Waals surface area contributed by atoms with Gasteiger partial charge >= 0.3 is 0 Å². The van der Waals surface area contributed by atoms with Crippen LogP contribution in [-0.4, -0.2) is 26.1 Å². The fourth-order valence-electron chi connectivity index (χ4n) is 12.6. The van der Waals surface area contributed by atoms with Crippen molar-refractivity contribution in [2.75, 3.05) is 0 Å². The van der Waals surface area contributed by atoms with E-state index in [2.05, 4.69) is 236 Å². The summed E-state index contributed by atoms with van der Waals surface area (Å²) in [6.07, 6.45) is 24.2. The van der Waals surface area contributed by atoms with Gasteiger partial charge in [0.25, 0.3) is 0 Å². The molecule has 5 heterocycles. The van der Waals surface area contributed by atoms with Gasteiger partial charge in [-0.1, -0.05) is 141 Å². The van der Waals surface area contributed by atoms with Gasteiger partial charge in [0.2, 0.25) is 0 Å². The molecule has 2 aliphatic heterocycles. The van der Waals surface area contributed by atoms with Crippen molar-refractivity contribution in [3.63, 3.8) is 0 Å². The van der Waals surface area contributed by atoms with E-state index < -0.39 is 6.17 Å². The van der Waals surface area contributed by atoms with Crippen molar-refractivity contribution in [3.8, 4) is 5.69 Å². The molecule has 3 aliphatic carbocycles. The Morgan fingerprint density at radius 1 is 0.743 bits per heavy atom. The van der Waals surface area contributed by atoms with E-state index in [1.165, 1.54) is 59.4 Å². The van der Waals surface area contributed by atoms with Gasteiger partial charge in [-0.3, -0.25) is 0 Å². The number of aromatic nitrogens is 2. The topological polar surface area (TPSA) is 59.8 Å². The van der Waals surface area contributed by atoms with Crippen molar-refractivity contribution in [3.05, 3.63) is 227 Å². The molecule has 0 radical (unpaired) electrons. The molecule has 356 valence electrons. The molecule has 0 amide bonds. The monoisotopic (exact) mass is 973 g/mol. The molecule has 4 atom stereocenters. The average Bonchev–Trinajstić information content (AvgIpc) is 4.20. The number of amidine groups is 2. The van der Waals surface area contributed by atoms with E-state index in [0.29, 0.717) is 5.92 Å². The van der Waals surface area contributed by atoms with Crippen LogP contribution in [0.4, 0.5) is 0 Å². The summed E-state index contributed by atoms with van der Waals surface area (Å²) >= 11 is 1.97. The molecule has 0 spiro atoms. The van der Waals surface area contributed by atoms with Crippen LogP contribution >= 0.6 is 11.8 Å². The lowest BCUT2D eigenvalue weighted by Crippen LogP contribution is -2.39. The van der Waals surface area contributed by atoms with E-state index in [1.807, 2.05) is 11.8 Å². The van der Waals surface area contributed by atoms with E-state index in [-0.39, 0.29) is 11.2 Å². The van der Waals surface area contributed by atoms with E-state index in [9.17, 15) is 0 Å². The highest BCUT2D eigenvalue weighted by Gasteiger charge is 2.38. The van der Waals surface area contributed by atoms with Crippen LogP contribution in [0.5, 0.6) is 0 Å². The van der Waals surface area contributed by atoms with Crippen LogP contribution < -0.4 is 15.9 Å². The normalized spacial score (nSPS) is 20.2. The molecule has 15 rings (SSSR count). The summed E-state index contributed by atoms with van der Waals surface area (Å²) < 4.78 is 11.9. The molecule has 74 heavy (non-hydrogen) atoms. The molecule has 0 saturated heterocycles. The third-order valence-corrected chi connectivity index (χ3v) is 17.5. The summed E-state index contributed by atoms with van der Waals surface area (Å²) in [7, 11) is 0. The van der Waals surface area contributed by atoms with Crippen molar-refractivity contribution >= 4 is 112 Å². The highest BCUT2D eigenvalue weighted by molar-refractivity contribution is 8.01. The third-order valence-electron chi connectivity index (χ3n) is 16.0. The minimum Gasteiger partial charge on any atom is -0.456 e. The van der Waals surface area contributed by atoms with E-state index in [0.717, 1.165) is 90.8 Å². The first kappa shape index (κ1) is 43.2. The number of hydrogen-bond acceptors (Lipinski definition) is 5. The maximum atomic E-state index is 7.07. The number of aliphatic imine (C=N–C) groups is 2. The molecule has 3 aromatic heterocycles. The molecule has 0 fully saturated rings. The van der Waals surface area contributed by atoms with Crippen molar-refractivity contribution in [2.45, 2.75) is 49.9 Å². The zero-order chi connectivity index (χ0) is 49.2. The molecule has 0 saturated carbocycles. The first-order chi connectivity index (χ1) is 36.5. The molecular weight excluding hydrogens is 923 g/mol. The quantitative estimate of drug-likeness (QED) is 0.162. The number of allylic oxidation sites excluding steroid dienone is 10. The Balaban J connectivity index is 0.990. The number of rotatable bonds is 7. The van der Waals surface area contributed by atoms with Gasteiger partial charge in [-0.05, 0) is 120 Å². The van der Waals surface area contributed by atoms with E-state index in [4.69, 9.17) is 14.4 Å². The minimum absolute atomic E-state index is 0.167.